The molecule has 23 heavy (non-hydrogen) atoms. The topological polar surface area (TPSA) is 86.8 Å². The molecule has 1 saturated heterocycles. The summed E-state index contributed by atoms with van der Waals surface area (Å²) in [6.07, 6.45) is 3.65. The molecule has 2 aliphatic rings. The van der Waals surface area contributed by atoms with Gasteiger partial charge in [0.05, 0.1) is 0 Å². The van der Waals surface area contributed by atoms with Crippen LogP contribution in [0, 0.1) is 5.92 Å². The molecule has 0 bridgehead atoms. The van der Waals surface area contributed by atoms with Crippen molar-refractivity contribution in [3.05, 3.63) is 0 Å². The van der Waals surface area contributed by atoms with Gasteiger partial charge in [-0.25, -0.2) is 9.69 Å². The Bertz CT molecular complexity index is 538. The van der Waals surface area contributed by atoms with E-state index in [2.05, 4.69) is 5.32 Å². The predicted molar refractivity (Wildman–Crippen MR) is 83.3 cm³/mol. The van der Waals surface area contributed by atoms with Gasteiger partial charge < -0.3 is 5.32 Å². The maximum Gasteiger partial charge on any atom is 0.334 e. The molecule has 0 aromatic heterocycles. The second kappa shape index (κ2) is 6.29. The van der Waals surface area contributed by atoms with Gasteiger partial charge in [0, 0.05) is 11.6 Å². The number of nitrogens with zero attached hydrogens (tertiary/aromatic N) is 2. The summed E-state index contributed by atoms with van der Waals surface area (Å²) in [5.74, 6) is -1.99. The van der Waals surface area contributed by atoms with Gasteiger partial charge in [-0.3, -0.25) is 19.3 Å². The second-order valence-corrected chi connectivity index (χ2v) is 7.48. The van der Waals surface area contributed by atoms with Crippen LogP contribution >= 0.6 is 0 Å². The number of rotatable bonds is 3. The van der Waals surface area contributed by atoms with Crippen molar-refractivity contribution in [2.24, 2.45) is 5.92 Å². The standard InChI is InChI=1S/C16H25N3O4/c1-10-7-5-6-8-11(10)19-14(22)13(21)18(15(19)23)9-12(20)17-16(2,3)4/h10-11H,5-9H2,1-4H3,(H,17,20)/t10-,11+/m0/s1. The Labute approximate surface area is 136 Å². The number of hydrogen-bond donors (Lipinski definition) is 1. The van der Waals surface area contributed by atoms with E-state index in [1.54, 1.807) is 20.8 Å². The molecule has 0 spiro atoms. The van der Waals surface area contributed by atoms with Gasteiger partial charge in [0.2, 0.25) is 5.91 Å². The summed E-state index contributed by atoms with van der Waals surface area (Å²) in [6.45, 7) is 6.99. The van der Waals surface area contributed by atoms with Crippen molar-refractivity contribution in [3.63, 3.8) is 0 Å². The summed E-state index contributed by atoms with van der Waals surface area (Å²) in [5, 5.41) is 2.69. The van der Waals surface area contributed by atoms with Gasteiger partial charge in [-0.1, -0.05) is 19.8 Å². The average Bonchev–Trinajstić information content (AvgIpc) is 2.62. The van der Waals surface area contributed by atoms with Crippen molar-refractivity contribution in [1.82, 2.24) is 15.1 Å². The highest BCUT2D eigenvalue weighted by molar-refractivity contribution is 6.45. The Hall–Kier alpha value is -1.92. The molecule has 0 radical (unpaired) electrons. The zero-order valence-electron chi connectivity index (χ0n) is 14.2. The van der Waals surface area contributed by atoms with Crippen LogP contribution in [0.3, 0.4) is 0 Å². The van der Waals surface area contributed by atoms with Gasteiger partial charge in [0.1, 0.15) is 6.54 Å². The third-order valence-corrected chi connectivity index (χ3v) is 4.30. The van der Waals surface area contributed by atoms with Crippen LogP contribution in [0.15, 0.2) is 0 Å². The molecule has 0 aromatic carbocycles. The molecule has 2 atom stereocenters. The van der Waals surface area contributed by atoms with E-state index in [9.17, 15) is 19.2 Å². The fourth-order valence-corrected chi connectivity index (χ4v) is 3.24. The Morgan fingerprint density at radius 2 is 1.74 bits per heavy atom. The smallest absolute Gasteiger partial charge is 0.334 e. The molecule has 2 fully saturated rings. The molecule has 1 aliphatic heterocycles. The highest BCUT2D eigenvalue weighted by atomic mass is 16.2. The number of nitrogens with one attached hydrogen (secondary N) is 1. The van der Waals surface area contributed by atoms with E-state index in [1.165, 1.54) is 0 Å². The second-order valence-electron chi connectivity index (χ2n) is 7.48. The van der Waals surface area contributed by atoms with Gasteiger partial charge in [-0.2, -0.15) is 0 Å². The fourth-order valence-electron chi connectivity index (χ4n) is 3.24. The molecule has 5 amide bonds. The molecule has 7 nitrogen and oxygen atoms in total. The van der Waals surface area contributed by atoms with Crippen LogP contribution in [0.25, 0.3) is 0 Å². The van der Waals surface area contributed by atoms with E-state index >= 15 is 0 Å². The maximum atomic E-state index is 12.5. The monoisotopic (exact) mass is 323 g/mol. The van der Waals surface area contributed by atoms with Crippen LogP contribution in [-0.2, 0) is 14.4 Å². The molecule has 7 heteroatoms. The van der Waals surface area contributed by atoms with Crippen LogP contribution in [0.4, 0.5) is 4.79 Å². The Morgan fingerprint density at radius 3 is 2.30 bits per heavy atom. The van der Waals surface area contributed by atoms with Gasteiger partial charge >= 0.3 is 17.8 Å². The first-order valence-electron chi connectivity index (χ1n) is 8.12. The van der Waals surface area contributed by atoms with Crippen LogP contribution < -0.4 is 5.32 Å². The molecule has 1 saturated carbocycles. The minimum absolute atomic E-state index is 0.174. The summed E-state index contributed by atoms with van der Waals surface area (Å²) < 4.78 is 0. The molecule has 1 aliphatic carbocycles. The largest absolute Gasteiger partial charge is 0.350 e. The minimum atomic E-state index is -0.906. The van der Waals surface area contributed by atoms with Crippen LogP contribution in [-0.4, -0.2) is 51.7 Å². The van der Waals surface area contributed by atoms with E-state index < -0.39 is 35.8 Å². The first kappa shape index (κ1) is 17.4. The summed E-state index contributed by atoms with van der Waals surface area (Å²) in [6, 6.07) is -0.911. The highest BCUT2D eigenvalue weighted by Gasteiger charge is 2.49. The van der Waals surface area contributed by atoms with Crippen LogP contribution in [0.2, 0.25) is 0 Å². The van der Waals surface area contributed by atoms with Crippen molar-refractivity contribution in [3.8, 4) is 0 Å². The van der Waals surface area contributed by atoms with Crippen LogP contribution in [0.5, 0.6) is 0 Å². The zero-order valence-corrected chi connectivity index (χ0v) is 14.2. The normalized spacial score (nSPS) is 26.0. The SMILES string of the molecule is C[C@H]1CCCC[C@H]1N1C(=O)C(=O)N(CC(=O)NC(C)(C)C)C1=O. The van der Waals surface area contributed by atoms with E-state index in [0.29, 0.717) is 6.42 Å². The summed E-state index contributed by atoms with van der Waals surface area (Å²) in [5.41, 5.74) is -0.468. The third kappa shape index (κ3) is 3.71. The molecule has 128 valence electrons. The molecule has 2 rings (SSSR count). The molecular weight excluding hydrogens is 298 g/mol. The summed E-state index contributed by atoms with van der Waals surface area (Å²) in [4.78, 5) is 50.6. The van der Waals surface area contributed by atoms with E-state index in [-0.39, 0.29) is 12.0 Å². The first-order chi connectivity index (χ1) is 10.6. The number of amides is 5. The fraction of sp³-hybridized carbons (Fsp3) is 0.750. The lowest BCUT2D eigenvalue weighted by Gasteiger charge is -2.34. The minimum Gasteiger partial charge on any atom is -0.350 e. The maximum absolute atomic E-state index is 12.5. The third-order valence-electron chi connectivity index (χ3n) is 4.30. The van der Waals surface area contributed by atoms with Crippen molar-refractivity contribution < 1.29 is 19.2 Å². The lowest BCUT2D eigenvalue weighted by Crippen LogP contribution is -2.49. The lowest BCUT2D eigenvalue weighted by atomic mass is 9.85. The molecular formula is C16H25N3O4. The van der Waals surface area contributed by atoms with Gasteiger partial charge in [0.25, 0.3) is 0 Å². The van der Waals surface area contributed by atoms with E-state index in [1.807, 2.05) is 6.92 Å². The van der Waals surface area contributed by atoms with E-state index in [0.717, 1.165) is 29.1 Å². The number of imide groups is 2. The van der Waals surface area contributed by atoms with Crippen molar-refractivity contribution >= 4 is 23.8 Å². The highest BCUT2D eigenvalue weighted by Crippen LogP contribution is 2.31. The van der Waals surface area contributed by atoms with Gasteiger partial charge in [-0.15, -0.1) is 0 Å². The lowest BCUT2D eigenvalue weighted by molar-refractivity contribution is -0.145. The molecule has 1 N–H and O–H groups in total. The Kier molecular flexibility index (Phi) is 4.77. The van der Waals surface area contributed by atoms with Gasteiger partial charge in [-0.05, 0) is 39.5 Å². The van der Waals surface area contributed by atoms with E-state index in [4.69, 9.17) is 0 Å². The Morgan fingerprint density at radius 1 is 1.13 bits per heavy atom. The van der Waals surface area contributed by atoms with Crippen molar-refractivity contribution in [2.45, 2.75) is 65.0 Å². The predicted octanol–water partition coefficient (Wildman–Crippen LogP) is 1.27. The van der Waals surface area contributed by atoms with Crippen LogP contribution in [0.1, 0.15) is 53.4 Å². The molecule has 0 aromatic rings. The first-order valence-corrected chi connectivity index (χ1v) is 8.12. The van der Waals surface area contributed by atoms with Gasteiger partial charge in [0.15, 0.2) is 0 Å². The van der Waals surface area contributed by atoms with Crippen molar-refractivity contribution in [2.75, 3.05) is 6.54 Å². The molecule has 0 unspecified atom stereocenters. The average molecular weight is 323 g/mol. The number of carbonyl (C=O) groups is 4. The Balaban J connectivity index is 2.11. The quantitative estimate of drug-likeness (QED) is 0.626. The number of hydrogen-bond acceptors (Lipinski definition) is 4. The summed E-state index contributed by atoms with van der Waals surface area (Å²) in [7, 11) is 0. The molecule has 1 heterocycles. The number of carbonyl (C=O) groups excluding carboxylic acids is 4. The zero-order chi connectivity index (χ0) is 17.4. The van der Waals surface area contributed by atoms with Crippen molar-refractivity contribution in [1.29, 1.82) is 0 Å². The number of urea groups is 1. The summed E-state index contributed by atoms with van der Waals surface area (Å²) >= 11 is 0.